The van der Waals surface area contributed by atoms with Crippen LogP contribution >= 0.6 is 11.8 Å². The van der Waals surface area contributed by atoms with E-state index in [1.54, 1.807) is 12.1 Å². The first kappa shape index (κ1) is 19.4. The smallest absolute Gasteiger partial charge is 0.414 e. The predicted molar refractivity (Wildman–Crippen MR) is 109 cm³/mol. The van der Waals surface area contributed by atoms with Crippen LogP contribution < -0.4 is 15.1 Å². The van der Waals surface area contributed by atoms with Gasteiger partial charge in [-0.1, -0.05) is 6.42 Å². The number of nitrogens with one attached hydrogen (secondary N) is 1. The molecule has 1 unspecified atom stereocenters. The van der Waals surface area contributed by atoms with E-state index in [0.29, 0.717) is 24.5 Å². The third kappa shape index (κ3) is 4.21. The van der Waals surface area contributed by atoms with Crippen molar-refractivity contribution in [2.24, 2.45) is 5.92 Å². The Labute approximate surface area is 168 Å². The number of hydrogen-bond donors (Lipinski definition) is 1. The molecule has 152 valence electrons. The lowest BCUT2D eigenvalue weighted by atomic mass is 9.85. The minimum atomic E-state index is -0.499. The number of thioether (sulfide) groups is 1. The quantitative estimate of drug-likeness (QED) is 0.813. The Bertz CT molecular complexity index is 735. The molecular weight excluding hydrogens is 381 g/mol. The summed E-state index contributed by atoms with van der Waals surface area (Å²) in [7, 11) is 0. The van der Waals surface area contributed by atoms with E-state index >= 15 is 0 Å². The molecule has 0 spiro atoms. The molecule has 2 aliphatic heterocycles. The maximum atomic E-state index is 14.7. The number of carbonyl (C=O) groups excluding carboxylic acids is 2. The van der Waals surface area contributed by atoms with Crippen molar-refractivity contribution in [2.75, 3.05) is 47.5 Å². The van der Waals surface area contributed by atoms with E-state index in [2.05, 4.69) is 10.2 Å². The van der Waals surface area contributed by atoms with Crippen LogP contribution in [0.2, 0.25) is 0 Å². The lowest BCUT2D eigenvalue weighted by molar-refractivity contribution is -0.127. The summed E-state index contributed by atoms with van der Waals surface area (Å²) in [6.45, 7) is 2.28. The van der Waals surface area contributed by atoms with Crippen LogP contribution in [0, 0.1) is 11.7 Å². The van der Waals surface area contributed by atoms with Gasteiger partial charge >= 0.3 is 6.09 Å². The third-order valence-corrected chi connectivity index (χ3v) is 6.71. The summed E-state index contributed by atoms with van der Waals surface area (Å²) in [5.41, 5.74) is 1.08. The Morgan fingerprint density at radius 2 is 2.11 bits per heavy atom. The van der Waals surface area contributed by atoms with E-state index < -0.39 is 12.2 Å². The molecule has 28 heavy (non-hydrogen) atoms. The summed E-state index contributed by atoms with van der Waals surface area (Å²) in [6.07, 6.45) is 3.09. The fourth-order valence-corrected chi connectivity index (χ4v) is 4.66. The van der Waals surface area contributed by atoms with Gasteiger partial charge in [0.25, 0.3) is 0 Å². The molecule has 1 aromatic rings. The summed E-state index contributed by atoms with van der Waals surface area (Å²) < 4.78 is 20.1. The minimum absolute atomic E-state index is 0.0340. The Morgan fingerprint density at radius 1 is 1.25 bits per heavy atom. The lowest BCUT2D eigenvalue weighted by Gasteiger charge is -2.24. The van der Waals surface area contributed by atoms with Crippen LogP contribution in [0.25, 0.3) is 0 Å². The Balaban J connectivity index is 1.37. The molecule has 0 aromatic heterocycles. The molecule has 0 bridgehead atoms. The lowest BCUT2D eigenvalue weighted by Crippen LogP contribution is -2.40. The number of rotatable bonds is 5. The van der Waals surface area contributed by atoms with Gasteiger partial charge in [-0.2, -0.15) is 11.8 Å². The number of cyclic esters (lactones) is 1. The first-order valence-corrected chi connectivity index (χ1v) is 11.2. The van der Waals surface area contributed by atoms with E-state index in [4.69, 9.17) is 4.74 Å². The fourth-order valence-electron chi connectivity index (χ4n) is 3.78. The molecule has 6 nitrogen and oxygen atoms in total. The molecule has 3 fully saturated rings. The number of benzene rings is 1. The van der Waals surface area contributed by atoms with Crippen molar-refractivity contribution in [3.8, 4) is 0 Å². The molecule has 0 radical (unpaired) electrons. The molecule has 4 rings (SSSR count). The first-order valence-electron chi connectivity index (χ1n) is 10.00. The van der Waals surface area contributed by atoms with Crippen molar-refractivity contribution < 1.29 is 18.7 Å². The normalized spacial score (nSPS) is 23.2. The molecule has 8 heteroatoms. The molecule has 1 saturated carbocycles. The van der Waals surface area contributed by atoms with Crippen LogP contribution in [0.3, 0.4) is 0 Å². The highest BCUT2D eigenvalue weighted by Crippen LogP contribution is 2.29. The second-order valence-corrected chi connectivity index (χ2v) is 8.80. The summed E-state index contributed by atoms with van der Waals surface area (Å²) in [5, 5.41) is 2.86. The van der Waals surface area contributed by atoms with Gasteiger partial charge in [0, 0.05) is 24.8 Å². The SMILES string of the molecule is O=C(NCC1CN(c2ccc(N3CCCSCC3)c(F)c2)C(=O)O1)C1CCC1. The number of anilines is 2. The first-order chi connectivity index (χ1) is 13.6. The number of ether oxygens (including phenoxy) is 1. The van der Waals surface area contributed by atoms with Gasteiger partial charge in [-0.05, 0) is 43.2 Å². The molecular formula is C20H26FN3O3S. The van der Waals surface area contributed by atoms with Gasteiger partial charge in [0.2, 0.25) is 5.91 Å². The topological polar surface area (TPSA) is 61.9 Å². The number of halogens is 1. The molecule has 1 aromatic carbocycles. The van der Waals surface area contributed by atoms with Gasteiger partial charge in [0.15, 0.2) is 0 Å². The average Bonchev–Trinajstić information content (AvgIpc) is 2.82. The summed E-state index contributed by atoms with van der Waals surface area (Å²) in [4.78, 5) is 27.7. The van der Waals surface area contributed by atoms with Gasteiger partial charge in [0.05, 0.1) is 24.5 Å². The predicted octanol–water partition coefficient (Wildman–Crippen LogP) is 3.01. The second-order valence-electron chi connectivity index (χ2n) is 7.58. The van der Waals surface area contributed by atoms with Crippen LogP contribution in [0.4, 0.5) is 20.6 Å². The van der Waals surface area contributed by atoms with Crippen LogP contribution in [0.1, 0.15) is 25.7 Å². The molecule has 1 N–H and O–H groups in total. The van der Waals surface area contributed by atoms with E-state index in [1.807, 2.05) is 11.8 Å². The highest BCUT2D eigenvalue weighted by molar-refractivity contribution is 7.99. The highest BCUT2D eigenvalue weighted by atomic mass is 32.2. The van der Waals surface area contributed by atoms with E-state index in [1.165, 1.54) is 11.0 Å². The molecule has 2 heterocycles. The fraction of sp³-hybridized carbons (Fsp3) is 0.600. The highest BCUT2D eigenvalue weighted by Gasteiger charge is 2.34. The Kier molecular flexibility index (Phi) is 5.94. The van der Waals surface area contributed by atoms with Crippen molar-refractivity contribution in [3.63, 3.8) is 0 Å². The average molecular weight is 408 g/mol. The third-order valence-electron chi connectivity index (χ3n) is 5.66. The molecule has 1 aliphatic carbocycles. The van der Waals surface area contributed by atoms with E-state index in [9.17, 15) is 14.0 Å². The summed E-state index contributed by atoms with van der Waals surface area (Å²) in [6, 6.07) is 4.93. The molecule has 3 aliphatic rings. The van der Waals surface area contributed by atoms with Crippen molar-refractivity contribution in [1.82, 2.24) is 5.32 Å². The second kappa shape index (κ2) is 8.59. The largest absolute Gasteiger partial charge is 0.442 e. The van der Waals surface area contributed by atoms with Crippen LogP contribution in [-0.2, 0) is 9.53 Å². The van der Waals surface area contributed by atoms with Crippen molar-refractivity contribution >= 4 is 35.1 Å². The van der Waals surface area contributed by atoms with Gasteiger partial charge in [0.1, 0.15) is 11.9 Å². The van der Waals surface area contributed by atoms with Crippen molar-refractivity contribution in [3.05, 3.63) is 24.0 Å². The maximum Gasteiger partial charge on any atom is 0.414 e. The van der Waals surface area contributed by atoms with Gasteiger partial charge in [-0.3, -0.25) is 9.69 Å². The van der Waals surface area contributed by atoms with Gasteiger partial charge in [-0.25, -0.2) is 9.18 Å². The van der Waals surface area contributed by atoms with E-state index in [-0.39, 0.29) is 17.6 Å². The van der Waals surface area contributed by atoms with Gasteiger partial charge < -0.3 is 15.0 Å². The summed E-state index contributed by atoms with van der Waals surface area (Å²) in [5.74, 6) is 1.92. The van der Waals surface area contributed by atoms with Crippen LogP contribution in [-0.4, -0.2) is 55.8 Å². The monoisotopic (exact) mass is 407 g/mol. The maximum absolute atomic E-state index is 14.7. The Hall–Kier alpha value is -1.96. The number of carbonyl (C=O) groups is 2. The van der Waals surface area contributed by atoms with Gasteiger partial charge in [-0.15, -0.1) is 0 Å². The van der Waals surface area contributed by atoms with E-state index in [0.717, 1.165) is 50.3 Å². The van der Waals surface area contributed by atoms with Crippen LogP contribution in [0.15, 0.2) is 18.2 Å². The zero-order chi connectivity index (χ0) is 19.5. The standard InChI is InChI=1S/C20H26FN3O3S/c21-17-11-15(5-6-18(17)23-7-2-9-28-10-8-23)24-13-16(27-20(24)26)12-22-19(25)14-3-1-4-14/h5-6,11,14,16H,1-4,7-10,12-13H2,(H,22,25). The molecule has 2 saturated heterocycles. The zero-order valence-corrected chi connectivity index (χ0v) is 16.7. The number of hydrogen-bond acceptors (Lipinski definition) is 5. The number of nitrogens with zero attached hydrogens (tertiary/aromatic N) is 2. The molecule has 1 atom stereocenters. The van der Waals surface area contributed by atoms with Crippen molar-refractivity contribution in [2.45, 2.75) is 31.8 Å². The Morgan fingerprint density at radius 3 is 2.86 bits per heavy atom. The molecule has 2 amide bonds. The van der Waals surface area contributed by atoms with Crippen LogP contribution in [0.5, 0.6) is 0 Å². The summed E-state index contributed by atoms with van der Waals surface area (Å²) >= 11 is 1.89. The van der Waals surface area contributed by atoms with Crippen molar-refractivity contribution in [1.29, 1.82) is 0 Å². The minimum Gasteiger partial charge on any atom is -0.442 e. The zero-order valence-electron chi connectivity index (χ0n) is 15.9. The number of amides is 2.